The maximum absolute atomic E-state index is 14.4. The molecule has 0 fully saturated rings. The third kappa shape index (κ3) is 6.02. The Hall–Kier alpha value is -2.04. The molecular weight excluding hydrogens is 464 g/mol. The Kier molecular flexibility index (Phi) is 8.96. The molecule has 3 rings (SSSR count). The zero-order valence-electron chi connectivity index (χ0n) is 17.2. The summed E-state index contributed by atoms with van der Waals surface area (Å²) in [4.78, 5) is 6.54. The standard InChI is InChI=1S/C20H23ClFN5O2S.ClH/c1-11(2)27(3)18-5-4-12(8-24-18)19-25-26-20(30-19)14-6-16(22)17(7-15(14)21)29-10-13(23)9-28;/h4-8,11,13,28H,9-10,23H2,1-3H3;1H. The molecule has 0 amide bonds. The number of aliphatic hydroxyl groups is 1. The molecule has 2 aromatic heterocycles. The van der Waals surface area contributed by atoms with E-state index in [2.05, 4.69) is 33.9 Å². The van der Waals surface area contributed by atoms with Crippen LogP contribution in [0.25, 0.3) is 21.1 Å². The van der Waals surface area contributed by atoms with Crippen LogP contribution < -0.4 is 15.4 Å². The third-order valence-corrected chi connectivity index (χ3v) is 5.81. The maximum Gasteiger partial charge on any atom is 0.165 e. The van der Waals surface area contributed by atoms with Crippen LogP contribution in [0, 0.1) is 5.82 Å². The summed E-state index contributed by atoms with van der Waals surface area (Å²) in [5.74, 6) is 0.227. The second kappa shape index (κ2) is 11.0. The number of nitrogens with two attached hydrogens (primary N) is 1. The van der Waals surface area contributed by atoms with Crippen LogP contribution in [0.3, 0.4) is 0 Å². The van der Waals surface area contributed by atoms with Crippen LogP contribution in [0.5, 0.6) is 5.75 Å². The zero-order valence-corrected chi connectivity index (χ0v) is 19.6. The fourth-order valence-corrected chi connectivity index (χ4v) is 3.65. The number of halogens is 3. The van der Waals surface area contributed by atoms with Gasteiger partial charge in [0.25, 0.3) is 0 Å². The second-order valence-corrected chi connectivity index (χ2v) is 8.42. The van der Waals surface area contributed by atoms with Gasteiger partial charge in [0, 0.05) is 36.5 Å². The summed E-state index contributed by atoms with van der Waals surface area (Å²) in [5.41, 5.74) is 6.81. The van der Waals surface area contributed by atoms with Crippen molar-refractivity contribution >= 4 is 41.2 Å². The molecule has 1 unspecified atom stereocenters. The minimum atomic E-state index is -0.603. The molecule has 31 heavy (non-hydrogen) atoms. The van der Waals surface area contributed by atoms with Crippen molar-refractivity contribution in [2.24, 2.45) is 5.73 Å². The van der Waals surface area contributed by atoms with Crippen LogP contribution in [0.4, 0.5) is 10.2 Å². The molecule has 0 saturated carbocycles. The van der Waals surface area contributed by atoms with Gasteiger partial charge >= 0.3 is 0 Å². The number of hydrogen-bond donors (Lipinski definition) is 2. The van der Waals surface area contributed by atoms with E-state index in [9.17, 15) is 4.39 Å². The fraction of sp³-hybridized carbons (Fsp3) is 0.350. The van der Waals surface area contributed by atoms with E-state index in [0.29, 0.717) is 21.6 Å². The van der Waals surface area contributed by atoms with Crippen LogP contribution >= 0.6 is 35.3 Å². The number of nitrogens with zero attached hydrogens (tertiary/aromatic N) is 4. The fourth-order valence-electron chi connectivity index (χ4n) is 2.49. The largest absolute Gasteiger partial charge is 0.489 e. The van der Waals surface area contributed by atoms with Gasteiger partial charge in [-0.1, -0.05) is 22.9 Å². The summed E-state index contributed by atoms with van der Waals surface area (Å²) >= 11 is 7.61. The topological polar surface area (TPSA) is 97.4 Å². The summed E-state index contributed by atoms with van der Waals surface area (Å²) in [6.45, 7) is 3.89. The third-order valence-electron chi connectivity index (χ3n) is 4.50. The van der Waals surface area contributed by atoms with Gasteiger partial charge in [-0.25, -0.2) is 9.37 Å². The lowest BCUT2D eigenvalue weighted by Crippen LogP contribution is -2.31. The van der Waals surface area contributed by atoms with Gasteiger partial charge in [-0.15, -0.1) is 22.6 Å². The van der Waals surface area contributed by atoms with Crippen molar-refractivity contribution in [3.63, 3.8) is 0 Å². The first-order valence-electron chi connectivity index (χ1n) is 9.31. The molecule has 0 bridgehead atoms. The summed E-state index contributed by atoms with van der Waals surface area (Å²) in [5, 5.41) is 18.7. The minimum absolute atomic E-state index is 0. The lowest BCUT2D eigenvalue weighted by Gasteiger charge is -2.22. The van der Waals surface area contributed by atoms with E-state index in [4.69, 9.17) is 27.2 Å². The molecule has 0 aliphatic carbocycles. The highest BCUT2D eigenvalue weighted by Gasteiger charge is 2.17. The molecule has 0 aliphatic heterocycles. The lowest BCUT2D eigenvalue weighted by molar-refractivity contribution is 0.202. The molecule has 1 atom stereocenters. The lowest BCUT2D eigenvalue weighted by atomic mass is 10.2. The van der Waals surface area contributed by atoms with E-state index >= 15 is 0 Å². The van der Waals surface area contributed by atoms with E-state index in [0.717, 1.165) is 11.4 Å². The minimum Gasteiger partial charge on any atom is -0.489 e. The van der Waals surface area contributed by atoms with E-state index in [1.165, 1.54) is 23.5 Å². The van der Waals surface area contributed by atoms with Crippen molar-refractivity contribution < 1.29 is 14.2 Å². The maximum atomic E-state index is 14.4. The van der Waals surface area contributed by atoms with Crippen LogP contribution in [-0.2, 0) is 0 Å². The van der Waals surface area contributed by atoms with Gasteiger partial charge in [-0.05, 0) is 32.0 Å². The number of aliphatic hydroxyl groups excluding tert-OH is 1. The Morgan fingerprint density at radius 1 is 1.26 bits per heavy atom. The molecular formula is C20H24Cl2FN5O2S. The zero-order chi connectivity index (χ0) is 21.8. The van der Waals surface area contributed by atoms with Crippen LogP contribution in [0.15, 0.2) is 30.5 Å². The Labute approximate surface area is 195 Å². The Morgan fingerprint density at radius 3 is 2.58 bits per heavy atom. The van der Waals surface area contributed by atoms with Crippen molar-refractivity contribution in [3.8, 4) is 26.9 Å². The molecule has 0 radical (unpaired) electrons. The summed E-state index contributed by atoms with van der Waals surface area (Å²) in [6, 6.07) is 6.20. The van der Waals surface area contributed by atoms with E-state index in [1.54, 1.807) is 6.20 Å². The van der Waals surface area contributed by atoms with Gasteiger partial charge in [0.05, 0.1) is 17.7 Å². The van der Waals surface area contributed by atoms with Crippen LogP contribution in [-0.4, -0.2) is 52.6 Å². The molecule has 1 aromatic carbocycles. The average Bonchev–Trinajstić information content (AvgIpc) is 3.23. The summed E-state index contributed by atoms with van der Waals surface area (Å²) < 4.78 is 19.7. The Bertz CT molecular complexity index is 1000. The first-order chi connectivity index (χ1) is 14.3. The summed E-state index contributed by atoms with van der Waals surface area (Å²) in [7, 11) is 1.98. The van der Waals surface area contributed by atoms with Gasteiger partial charge in [-0.3, -0.25) is 0 Å². The number of ether oxygens (including phenoxy) is 1. The van der Waals surface area contributed by atoms with Gasteiger partial charge in [0.15, 0.2) is 11.6 Å². The number of anilines is 1. The van der Waals surface area contributed by atoms with Crippen LogP contribution in [0.1, 0.15) is 13.8 Å². The first kappa shape index (κ1) is 25.2. The molecule has 11 heteroatoms. The van der Waals surface area contributed by atoms with E-state index in [-0.39, 0.29) is 36.4 Å². The molecule has 3 aromatic rings. The molecule has 2 heterocycles. The molecule has 7 nitrogen and oxygen atoms in total. The van der Waals surface area contributed by atoms with Gasteiger partial charge in [-0.2, -0.15) is 0 Å². The number of rotatable bonds is 8. The normalized spacial score (nSPS) is 11.9. The second-order valence-electron chi connectivity index (χ2n) is 7.04. The van der Waals surface area contributed by atoms with Gasteiger partial charge < -0.3 is 20.5 Å². The molecule has 168 valence electrons. The number of aromatic nitrogens is 3. The van der Waals surface area contributed by atoms with Crippen molar-refractivity contribution in [2.45, 2.75) is 25.9 Å². The predicted molar refractivity (Wildman–Crippen MR) is 125 cm³/mol. The molecule has 0 saturated heterocycles. The monoisotopic (exact) mass is 487 g/mol. The van der Waals surface area contributed by atoms with Crippen molar-refractivity contribution in [2.75, 3.05) is 25.2 Å². The summed E-state index contributed by atoms with van der Waals surface area (Å²) in [6.07, 6.45) is 1.74. The van der Waals surface area contributed by atoms with Gasteiger partial charge in [0.1, 0.15) is 22.4 Å². The SMILES string of the molecule is CC(C)N(C)c1ccc(-c2nnc(-c3cc(F)c(OCC(N)CO)cc3Cl)s2)cn1.Cl. The average molecular weight is 488 g/mol. The van der Waals surface area contributed by atoms with Crippen molar-refractivity contribution in [1.82, 2.24) is 15.2 Å². The highest BCUT2D eigenvalue weighted by molar-refractivity contribution is 7.18. The smallest absolute Gasteiger partial charge is 0.165 e. The highest BCUT2D eigenvalue weighted by Crippen LogP contribution is 2.37. The van der Waals surface area contributed by atoms with Gasteiger partial charge in [0.2, 0.25) is 0 Å². The molecule has 0 spiro atoms. The predicted octanol–water partition coefficient (Wildman–Crippen LogP) is 4.02. The molecule has 0 aliphatic rings. The molecule has 3 N–H and O–H groups in total. The Balaban J connectivity index is 0.00000341. The van der Waals surface area contributed by atoms with Crippen LogP contribution in [0.2, 0.25) is 5.02 Å². The number of benzene rings is 1. The van der Waals surface area contributed by atoms with E-state index in [1.807, 2.05) is 19.2 Å². The Morgan fingerprint density at radius 2 is 1.97 bits per heavy atom. The van der Waals surface area contributed by atoms with Crippen molar-refractivity contribution in [1.29, 1.82) is 0 Å². The number of pyridine rings is 1. The van der Waals surface area contributed by atoms with Crippen molar-refractivity contribution in [3.05, 3.63) is 41.3 Å². The highest BCUT2D eigenvalue weighted by atomic mass is 35.5. The first-order valence-corrected chi connectivity index (χ1v) is 10.5. The quantitative estimate of drug-likeness (QED) is 0.494. The van der Waals surface area contributed by atoms with E-state index < -0.39 is 11.9 Å². The number of hydrogen-bond acceptors (Lipinski definition) is 8.